The van der Waals surface area contributed by atoms with Gasteiger partial charge in [-0.2, -0.15) is 0 Å². The van der Waals surface area contributed by atoms with Gasteiger partial charge >= 0.3 is 5.97 Å². The van der Waals surface area contributed by atoms with E-state index in [1.165, 1.54) is 0 Å². The summed E-state index contributed by atoms with van der Waals surface area (Å²) in [6.07, 6.45) is 1.36. The molecule has 0 aliphatic carbocycles. The normalized spacial score (nSPS) is 11.9. The zero-order chi connectivity index (χ0) is 28.9. The Morgan fingerprint density at radius 2 is 1.50 bits per heavy atom. The first-order chi connectivity index (χ1) is 20.5. The predicted molar refractivity (Wildman–Crippen MR) is 160 cm³/mol. The van der Waals surface area contributed by atoms with Crippen LogP contribution in [-0.4, -0.2) is 27.1 Å². The Morgan fingerprint density at radius 1 is 0.810 bits per heavy atom. The number of ether oxygens (including phenoxy) is 1. The van der Waals surface area contributed by atoms with Crippen LogP contribution in [0.2, 0.25) is 0 Å². The summed E-state index contributed by atoms with van der Waals surface area (Å²) in [7, 11) is 0. The van der Waals surface area contributed by atoms with E-state index in [4.69, 9.17) is 13.6 Å². The molecule has 7 nitrogen and oxygen atoms in total. The number of carbonyl (C=O) groups is 1. The summed E-state index contributed by atoms with van der Waals surface area (Å²) in [5, 5.41) is 9.85. The number of fused-ring (bicyclic) bond motifs is 1. The van der Waals surface area contributed by atoms with Gasteiger partial charge in [0.1, 0.15) is 17.0 Å². The Labute approximate surface area is 243 Å². The second-order valence-corrected chi connectivity index (χ2v) is 10.2. The van der Waals surface area contributed by atoms with Crippen LogP contribution in [0, 0.1) is 6.92 Å². The first kappa shape index (κ1) is 27.0. The minimum Gasteiger partial charge on any atom is -0.478 e. The molecule has 1 N–H and O–H groups in total. The van der Waals surface area contributed by atoms with Gasteiger partial charge in [0.15, 0.2) is 17.6 Å². The number of rotatable bonds is 11. The van der Waals surface area contributed by atoms with Crippen molar-refractivity contribution in [3.05, 3.63) is 126 Å². The van der Waals surface area contributed by atoms with Crippen molar-refractivity contribution in [3.63, 3.8) is 0 Å². The van der Waals surface area contributed by atoms with Gasteiger partial charge < -0.3 is 18.7 Å². The van der Waals surface area contributed by atoms with Crippen LogP contribution in [0.25, 0.3) is 33.7 Å². The lowest BCUT2D eigenvalue weighted by Crippen LogP contribution is -2.29. The highest BCUT2D eigenvalue weighted by Gasteiger charge is 2.21. The summed E-state index contributed by atoms with van der Waals surface area (Å²) in [6, 6.07) is 32.9. The number of carboxylic acids is 1. The largest absolute Gasteiger partial charge is 0.478 e. The standard InChI is InChI=1S/C35H30N2O5/c1-23-29(37-34(40-23)27-11-6-3-7-12-27)13-8-14-33-36-30-21-24(15-20-31(30)42-33)22-32(35(38)39)41-28-18-16-26(17-19-28)25-9-4-2-5-10-25/h2-7,9-12,15-21,32H,8,13-14,22H2,1H3,(H,38,39)/t32-/m1/s1. The highest BCUT2D eigenvalue weighted by molar-refractivity contribution is 5.76. The van der Waals surface area contributed by atoms with Crippen LogP contribution in [-0.2, 0) is 24.1 Å². The zero-order valence-corrected chi connectivity index (χ0v) is 23.2. The van der Waals surface area contributed by atoms with Crippen LogP contribution >= 0.6 is 0 Å². The van der Waals surface area contributed by atoms with E-state index >= 15 is 0 Å². The SMILES string of the molecule is Cc1oc(-c2ccccc2)nc1CCCc1nc2cc(C[C@@H](Oc3ccc(-c4ccccc4)cc3)C(=O)O)ccc2o1. The molecule has 7 heteroatoms. The molecule has 0 bridgehead atoms. The average molecular weight is 559 g/mol. The third-order valence-corrected chi connectivity index (χ3v) is 7.15. The van der Waals surface area contributed by atoms with E-state index < -0.39 is 12.1 Å². The molecular formula is C35H30N2O5. The lowest BCUT2D eigenvalue weighted by atomic mass is 10.1. The fourth-order valence-corrected chi connectivity index (χ4v) is 4.94. The number of aromatic nitrogens is 2. The van der Waals surface area contributed by atoms with Crippen LogP contribution in [0.4, 0.5) is 0 Å². The van der Waals surface area contributed by atoms with Crippen molar-refractivity contribution in [2.24, 2.45) is 0 Å². The second kappa shape index (κ2) is 12.1. The van der Waals surface area contributed by atoms with Gasteiger partial charge in [0.05, 0.1) is 5.69 Å². The highest BCUT2D eigenvalue weighted by Crippen LogP contribution is 2.25. The number of hydrogen-bond donors (Lipinski definition) is 1. The van der Waals surface area contributed by atoms with Crippen LogP contribution in [0.3, 0.4) is 0 Å². The minimum absolute atomic E-state index is 0.198. The zero-order valence-electron chi connectivity index (χ0n) is 23.2. The van der Waals surface area contributed by atoms with Crippen LogP contribution in [0.5, 0.6) is 5.75 Å². The van der Waals surface area contributed by atoms with Gasteiger partial charge in [-0.05, 0) is 72.9 Å². The Hall–Kier alpha value is -5.17. The monoisotopic (exact) mass is 558 g/mol. The summed E-state index contributed by atoms with van der Waals surface area (Å²) in [4.78, 5) is 21.4. The van der Waals surface area contributed by atoms with Crippen molar-refractivity contribution in [1.29, 1.82) is 0 Å². The molecule has 1 atom stereocenters. The molecule has 6 aromatic rings. The summed E-state index contributed by atoms with van der Waals surface area (Å²) in [5.41, 5.74) is 6.19. The Kier molecular flexibility index (Phi) is 7.81. The minimum atomic E-state index is -1.04. The van der Waals surface area contributed by atoms with Crippen molar-refractivity contribution in [3.8, 4) is 28.3 Å². The van der Waals surface area contributed by atoms with Gasteiger partial charge in [-0.1, -0.05) is 66.7 Å². The fourth-order valence-electron chi connectivity index (χ4n) is 4.94. The third-order valence-electron chi connectivity index (χ3n) is 7.15. The van der Waals surface area contributed by atoms with Gasteiger partial charge in [-0.25, -0.2) is 14.8 Å². The van der Waals surface area contributed by atoms with E-state index in [-0.39, 0.29) is 6.42 Å². The number of aliphatic carboxylic acids is 1. The molecule has 0 saturated heterocycles. The van der Waals surface area contributed by atoms with E-state index in [1.807, 2.05) is 97.9 Å². The maximum atomic E-state index is 12.0. The molecule has 0 aliphatic heterocycles. The van der Waals surface area contributed by atoms with Crippen LogP contribution in [0.15, 0.2) is 112 Å². The number of aryl methyl sites for hydroxylation is 3. The molecule has 210 valence electrons. The molecule has 0 radical (unpaired) electrons. The first-order valence-electron chi connectivity index (χ1n) is 14.0. The molecular weight excluding hydrogens is 528 g/mol. The van der Waals surface area contributed by atoms with E-state index in [2.05, 4.69) is 9.97 Å². The number of nitrogens with zero attached hydrogens (tertiary/aromatic N) is 2. The highest BCUT2D eigenvalue weighted by atomic mass is 16.5. The predicted octanol–water partition coefficient (Wildman–Crippen LogP) is 7.71. The van der Waals surface area contributed by atoms with E-state index in [1.54, 1.807) is 12.1 Å². The maximum Gasteiger partial charge on any atom is 0.345 e. The van der Waals surface area contributed by atoms with Crippen molar-refractivity contribution >= 4 is 17.1 Å². The first-order valence-corrected chi connectivity index (χ1v) is 14.0. The molecule has 0 fully saturated rings. The molecule has 2 aromatic heterocycles. The molecule has 0 aliphatic rings. The summed E-state index contributed by atoms with van der Waals surface area (Å²) in [6.45, 7) is 1.93. The van der Waals surface area contributed by atoms with E-state index in [0.717, 1.165) is 46.5 Å². The van der Waals surface area contributed by atoms with Crippen molar-refractivity contribution in [2.45, 2.75) is 38.7 Å². The van der Waals surface area contributed by atoms with Crippen molar-refractivity contribution in [1.82, 2.24) is 9.97 Å². The summed E-state index contributed by atoms with van der Waals surface area (Å²) >= 11 is 0. The quantitative estimate of drug-likeness (QED) is 0.174. The molecule has 42 heavy (non-hydrogen) atoms. The van der Waals surface area contributed by atoms with E-state index in [0.29, 0.717) is 35.1 Å². The molecule has 0 saturated carbocycles. The smallest absolute Gasteiger partial charge is 0.345 e. The molecule has 0 spiro atoms. The van der Waals surface area contributed by atoms with Gasteiger partial charge in [-0.3, -0.25) is 0 Å². The number of oxazole rings is 2. The lowest BCUT2D eigenvalue weighted by molar-refractivity contribution is -0.145. The topological polar surface area (TPSA) is 98.6 Å². The van der Waals surface area contributed by atoms with Gasteiger partial charge in [-0.15, -0.1) is 0 Å². The fraction of sp³-hybridized carbons (Fsp3) is 0.171. The molecule has 0 amide bonds. The van der Waals surface area contributed by atoms with Crippen molar-refractivity contribution in [2.75, 3.05) is 0 Å². The molecule has 6 rings (SSSR count). The number of benzene rings is 4. The maximum absolute atomic E-state index is 12.0. The van der Waals surface area contributed by atoms with Gasteiger partial charge in [0.25, 0.3) is 0 Å². The lowest BCUT2D eigenvalue weighted by Gasteiger charge is -2.15. The van der Waals surface area contributed by atoms with Gasteiger partial charge in [0, 0.05) is 18.4 Å². The average Bonchev–Trinajstić information content (AvgIpc) is 3.60. The Morgan fingerprint density at radius 3 is 2.21 bits per heavy atom. The Balaban J connectivity index is 1.08. The summed E-state index contributed by atoms with van der Waals surface area (Å²) in [5.74, 6) is 1.56. The van der Waals surface area contributed by atoms with Crippen molar-refractivity contribution < 1.29 is 23.5 Å². The third kappa shape index (κ3) is 6.25. The van der Waals surface area contributed by atoms with Gasteiger partial charge in [0.2, 0.25) is 5.89 Å². The van der Waals surface area contributed by atoms with Crippen LogP contribution in [0.1, 0.15) is 29.3 Å². The number of hydrogen-bond acceptors (Lipinski definition) is 6. The van der Waals surface area contributed by atoms with E-state index in [9.17, 15) is 9.90 Å². The molecule has 0 unspecified atom stereocenters. The van der Waals surface area contributed by atoms with Crippen LogP contribution < -0.4 is 4.74 Å². The molecule has 2 heterocycles. The second-order valence-electron chi connectivity index (χ2n) is 10.2. The summed E-state index contributed by atoms with van der Waals surface area (Å²) < 4.78 is 17.7. The number of carboxylic acid groups (broad SMARTS) is 1. The Bertz CT molecular complexity index is 1790. The molecule has 4 aromatic carbocycles.